The number of aliphatic carboxylic acids is 2. The SMILES string of the molecule is CC(=O)[C@H]1CC[C@H]2C34C=C[C@]5(C[C@@H](O)CC[C@]5(C)C3=CC[C@]12C)[C@H](C(=O)O)[C@@H]4C(=O)O. The first kappa shape index (κ1) is 20.9. The molecule has 0 radical (unpaired) electrons. The number of aliphatic hydroxyl groups is 1. The summed E-state index contributed by atoms with van der Waals surface area (Å²) < 4.78 is 0. The summed E-state index contributed by atoms with van der Waals surface area (Å²) in [6, 6.07) is 0. The molecule has 0 amide bonds. The number of carboxylic acids is 2. The minimum absolute atomic E-state index is 0.0879. The Morgan fingerprint density at radius 3 is 2.29 bits per heavy atom. The fraction of sp³-hybridized carbons (Fsp3) is 0.720. The van der Waals surface area contributed by atoms with Crippen molar-refractivity contribution in [3.05, 3.63) is 23.8 Å². The van der Waals surface area contributed by atoms with Gasteiger partial charge >= 0.3 is 11.9 Å². The van der Waals surface area contributed by atoms with Gasteiger partial charge in [-0.1, -0.05) is 37.6 Å². The van der Waals surface area contributed by atoms with Gasteiger partial charge in [-0.15, -0.1) is 0 Å². The molecule has 9 atom stereocenters. The number of carboxylic acid groups (broad SMARTS) is 2. The smallest absolute Gasteiger partial charge is 0.308 e. The van der Waals surface area contributed by atoms with Crippen molar-refractivity contribution >= 4 is 17.7 Å². The van der Waals surface area contributed by atoms with E-state index >= 15 is 0 Å². The van der Waals surface area contributed by atoms with Crippen LogP contribution in [0, 0.1) is 45.3 Å². The highest BCUT2D eigenvalue weighted by Crippen LogP contribution is 2.79. The summed E-state index contributed by atoms with van der Waals surface area (Å²) >= 11 is 0. The minimum atomic E-state index is -1.11. The van der Waals surface area contributed by atoms with Crippen LogP contribution in [-0.4, -0.2) is 39.1 Å². The lowest BCUT2D eigenvalue weighted by atomic mass is 9.30. The normalized spacial score (nSPS) is 52.0. The first-order chi connectivity index (χ1) is 14.5. The molecule has 6 heteroatoms. The Morgan fingerprint density at radius 2 is 1.68 bits per heavy atom. The number of carbonyl (C=O) groups is 3. The van der Waals surface area contributed by atoms with Gasteiger partial charge in [-0.2, -0.15) is 0 Å². The molecule has 3 saturated carbocycles. The number of Topliss-reactive ketones (excluding diaryl/α,β-unsaturated/α-hetero) is 1. The molecule has 0 saturated heterocycles. The van der Waals surface area contributed by atoms with E-state index in [1.54, 1.807) is 6.92 Å². The average Bonchev–Trinajstić information content (AvgIpc) is 3.04. The Morgan fingerprint density at radius 1 is 1.00 bits per heavy atom. The van der Waals surface area contributed by atoms with E-state index < -0.39 is 46.1 Å². The largest absolute Gasteiger partial charge is 0.481 e. The van der Waals surface area contributed by atoms with Crippen molar-refractivity contribution in [2.24, 2.45) is 45.3 Å². The summed E-state index contributed by atoms with van der Waals surface area (Å²) in [6.07, 6.45) is 9.16. The first-order valence-electron chi connectivity index (χ1n) is 11.5. The third-order valence-corrected chi connectivity index (χ3v) is 10.4. The monoisotopic (exact) mass is 428 g/mol. The summed E-state index contributed by atoms with van der Waals surface area (Å²) in [6.45, 7) is 5.82. The van der Waals surface area contributed by atoms with Crippen LogP contribution < -0.4 is 0 Å². The van der Waals surface area contributed by atoms with Gasteiger partial charge in [-0.05, 0) is 62.2 Å². The Labute approximate surface area is 182 Å². The highest BCUT2D eigenvalue weighted by Gasteiger charge is 2.77. The molecule has 0 aromatic rings. The van der Waals surface area contributed by atoms with Gasteiger partial charge in [0.2, 0.25) is 0 Å². The van der Waals surface area contributed by atoms with E-state index in [4.69, 9.17) is 0 Å². The molecule has 6 nitrogen and oxygen atoms in total. The summed E-state index contributed by atoms with van der Waals surface area (Å²) in [4.78, 5) is 38.0. The lowest BCUT2D eigenvalue weighted by Crippen LogP contribution is -2.70. The molecule has 2 spiro atoms. The summed E-state index contributed by atoms with van der Waals surface area (Å²) in [7, 11) is 0. The molecular formula is C25H32O6. The van der Waals surface area contributed by atoms with Gasteiger partial charge in [0.25, 0.3) is 0 Å². The number of ketones is 1. The molecule has 3 fully saturated rings. The molecule has 3 N–H and O–H groups in total. The molecular weight excluding hydrogens is 396 g/mol. The highest BCUT2D eigenvalue weighted by atomic mass is 16.4. The molecule has 0 aromatic heterocycles. The van der Waals surface area contributed by atoms with Gasteiger partial charge in [-0.25, -0.2) is 0 Å². The summed E-state index contributed by atoms with van der Waals surface area (Å²) in [5, 5.41) is 31.4. The van der Waals surface area contributed by atoms with E-state index in [0.717, 1.165) is 18.4 Å². The van der Waals surface area contributed by atoms with Crippen LogP contribution in [0.5, 0.6) is 0 Å². The van der Waals surface area contributed by atoms with Gasteiger partial charge < -0.3 is 15.3 Å². The van der Waals surface area contributed by atoms with Crippen LogP contribution in [0.25, 0.3) is 0 Å². The van der Waals surface area contributed by atoms with Crippen LogP contribution in [0.3, 0.4) is 0 Å². The van der Waals surface area contributed by atoms with Crippen LogP contribution in [0.4, 0.5) is 0 Å². The molecule has 0 heterocycles. The van der Waals surface area contributed by atoms with Crippen LogP contribution in [0.15, 0.2) is 23.8 Å². The third kappa shape index (κ3) is 2.15. The quantitative estimate of drug-likeness (QED) is 0.594. The first-order valence-corrected chi connectivity index (χ1v) is 11.5. The van der Waals surface area contributed by atoms with Crippen molar-refractivity contribution in [2.75, 3.05) is 0 Å². The molecule has 0 aromatic carbocycles. The van der Waals surface area contributed by atoms with Crippen LogP contribution in [0.2, 0.25) is 0 Å². The highest BCUT2D eigenvalue weighted by molar-refractivity contribution is 5.86. The predicted octanol–water partition coefficient (Wildman–Crippen LogP) is 3.45. The van der Waals surface area contributed by atoms with Gasteiger partial charge in [0.1, 0.15) is 5.78 Å². The van der Waals surface area contributed by atoms with Crippen molar-refractivity contribution in [2.45, 2.75) is 65.4 Å². The maximum absolute atomic E-state index is 12.8. The molecule has 1 unspecified atom stereocenters. The van der Waals surface area contributed by atoms with Gasteiger partial charge in [0.05, 0.1) is 17.9 Å². The van der Waals surface area contributed by atoms with Crippen LogP contribution in [0.1, 0.15) is 59.3 Å². The van der Waals surface area contributed by atoms with Crippen molar-refractivity contribution < 1.29 is 29.7 Å². The van der Waals surface area contributed by atoms with Crippen molar-refractivity contribution in [1.82, 2.24) is 0 Å². The molecule has 31 heavy (non-hydrogen) atoms. The predicted molar refractivity (Wildman–Crippen MR) is 112 cm³/mol. The number of rotatable bonds is 3. The second-order valence-corrected chi connectivity index (χ2v) is 11.3. The molecule has 6 aliphatic rings. The average molecular weight is 429 g/mol. The van der Waals surface area contributed by atoms with Crippen molar-refractivity contribution in [1.29, 1.82) is 0 Å². The van der Waals surface area contributed by atoms with Gasteiger partial charge in [-0.3, -0.25) is 14.4 Å². The van der Waals surface area contributed by atoms with Crippen molar-refractivity contribution in [3.8, 4) is 0 Å². The van der Waals surface area contributed by atoms with E-state index in [2.05, 4.69) is 19.9 Å². The number of carbonyl (C=O) groups excluding carboxylic acids is 1. The maximum atomic E-state index is 12.8. The number of fused-ring (bicyclic) bond motifs is 2. The standard InChI is InChI=1S/C25H32O6/c1-13(26)15-4-5-16-22(15,2)8-7-17-23(3)9-6-14(27)12-24(23)10-11-25(16,17)19(21(30)31)18(24)20(28)29/h7,10-11,14-16,18-19,27H,4-6,8-9,12H2,1-3H3,(H,28,29)(H,30,31)/t14-,15+,16+,18-,19+,22+,23+,24-,25?/m0/s1. The molecule has 168 valence electrons. The second-order valence-electron chi connectivity index (χ2n) is 11.3. The van der Waals surface area contributed by atoms with Gasteiger partial charge in [0, 0.05) is 16.7 Å². The second kappa shape index (κ2) is 6.09. The van der Waals surface area contributed by atoms with E-state index in [-0.39, 0.29) is 29.5 Å². The molecule has 6 rings (SSSR count). The Hall–Kier alpha value is -1.95. The van der Waals surface area contributed by atoms with E-state index in [0.29, 0.717) is 19.3 Å². The maximum Gasteiger partial charge on any atom is 0.308 e. The fourth-order valence-electron chi connectivity index (χ4n) is 9.24. The minimum Gasteiger partial charge on any atom is -0.481 e. The lowest BCUT2D eigenvalue weighted by molar-refractivity contribution is -0.195. The Kier molecular flexibility index (Phi) is 4.11. The van der Waals surface area contributed by atoms with Crippen LogP contribution in [-0.2, 0) is 14.4 Å². The zero-order valence-electron chi connectivity index (χ0n) is 18.4. The summed E-state index contributed by atoms with van der Waals surface area (Å²) in [5.41, 5.74) is -1.64. The Bertz CT molecular complexity index is 950. The fourth-order valence-corrected chi connectivity index (χ4v) is 9.24. The zero-order valence-corrected chi connectivity index (χ0v) is 18.4. The van der Waals surface area contributed by atoms with E-state index in [1.165, 1.54) is 0 Å². The summed E-state index contributed by atoms with van der Waals surface area (Å²) in [5.74, 6) is -4.47. The number of hydrogen-bond acceptors (Lipinski definition) is 4. The topological polar surface area (TPSA) is 112 Å². The van der Waals surface area contributed by atoms with E-state index in [9.17, 15) is 29.7 Å². The van der Waals surface area contributed by atoms with E-state index in [1.807, 2.05) is 12.2 Å². The number of hydrogen-bond donors (Lipinski definition) is 3. The molecule has 2 bridgehead atoms. The number of allylic oxidation sites excluding steroid dienone is 4. The lowest BCUT2D eigenvalue weighted by Gasteiger charge is -2.72. The van der Waals surface area contributed by atoms with Crippen LogP contribution >= 0.6 is 0 Å². The van der Waals surface area contributed by atoms with Crippen molar-refractivity contribution in [3.63, 3.8) is 0 Å². The van der Waals surface area contributed by atoms with Gasteiger partial charge in [0.15, 0.2) is 0 Å². The third-order valence-electron chi connectivity index (χ3n) is 10.4. The Balaban J connectivity index is 1.82. The molecule has 6 aliphatic carbocycles. The number of aliphatic hydroxyl groups excluding tert-OH is 1. The zero-order chi connectivity index (χ0) is 22.6. The molecule has 0 aliphatic heterocycles.